The molecule has 1 atom stereocenters. The van der Waals surface area contributed by atoms with Gasteiger partial charge >= 0.3 is 0 Å². The normalized spacial score (nSPS) is 12.5. The maximum atomic E-state index is 14.2. The van der Waals surface area contributed by atoms with Gasteiger partial charge < -0.3 is 0 Å². The van der Waals surface area contributed by atoms with E-state index in [0.717, 1.165) is 5.56 Å². The third-order valence-electron chi connectivity index (χ3n) is 3.31. The zero-order valence-corrected chi connectivity index (χ0v) is 11.9. The summed E-state index contributed by atoms with van der Waals surface area (Å²) < 4.78 is 28.2. The van der Waals surface area contributed by atoms with Crippen LogP contribution < -0.4 is 11.3 Å². The van der Waals surface area contributed by atoms with Crippen molar-refractivity contribution in [1.29, 1.82) is 0 Å². The van der Waals surface area contributed by atoms with Crippen LogP contribution in [0.2, 0.25) is 5.02 Å². The first kappa shape index (κ1) is 14.9. The van der Waals surface area contributed by atoms with Crippen molar-refractivity contribution in [1.82, 2.24) is 5.43 Å². The summed E-state index contributed by atoms with van der Waals surface area (Å²) in [6.07, 6.45) is 0. The number of halogens is 3. The number of benzene rings is 2. The molecular formula is C15H15ClF2N2. The largest absolute Gasteiger partial charge is 0.271 e. The van der Waals surface area contributed by atoms with Crippen LogP contribution in [0.15, 0.2) is 30.3 Å². The van der Waals surface area contributed by atoms with E-state index >= 15 is 0 Å². The summed E-state index contributed by atoms with van der Waals surface area (Å²) in [6, 6.07) is 7.06. The number of nitrogens with one attached hydrogen (secondary N) is 1. The molecule has 0 aliphatic heterocycles. The first-order chi connectivity index (χ1) is 9.47. The zero-order chi connectivity index (χ0) is 14.9. The number of rotatable bonds is 3. The molecular weight excluding hydrogens is 282 g/mol. The lowest BCUT2D eigenvalue weighted by Crippen LogP contribution is -2.31. The Balaban J connectivity index is 2.65. The summed E-state index contributed by atoms with van der Waals surface area (Å²) in [5, 5.41) is 0.441. The Kier molecular flexibility index (Phi) is 4.38. The van der Waals surface area contributed by atoms with Crippen LogP contribution in [0, 0.1) is 25.5 Å². The number of hydrazine groups is 1. The van der Waals surface area contributed by atoms with Gasteiger partial charge in [0.25, 0.3) is 0 Å². The standard InChI is InChI=1S/C15H15ClF2N2/c1-8-4-3-5-10(13(8)16)15(20-19)12-11(17)7-6-9(2)14(12)18/h3-7,15,20H,19H2,1-2H3. The fourth-order valence-corrected chi connectivity index (χ4v) is 2.40. The summed E-state index contributed by atoms with van der Waals surface area (Å²) >= 11 is 6.22. The highest BCUT2D eigenvalue weighted by Gasteiger charge is 2.24. The summed E-state index contributed by atoms with van der Waals surface area (Å²) in [5.74, 6) is 4.22. The minimum Gasteiger partial charge on any atom is -0.271 e. The molecule has 5 heteroatoms. The molecule has 0 heterocycles. The first-order valence-electron chi connectivity index (χ1n) is 6.13. The Morgan fingerprint density at radius 3 is 2.45 bits per heavy atom. The lowest BCUT2D eigenvalue weighted by molar-refractivity contribution is 0.506. The van der Waals surface area contributed by atoms with Crippen molar-refractivity contribution >= 4 is 11.6 Å². The van der Waals surface area contributed by atoms with E-state index in [1.807, 2.05) is 13.0 Å². The first-order valence-corrected chi connectivity index (χ1v) is 6.50. The number of hydrogen-bond acceptors (Lipinski definition) is 2. The molecule has 106 valence electrons. The molecule has 3 N–H and O–H groups in total. The van der Waals surface area contributed by atoms with E-state index in [0.29, 0.717) is 16.1 Å². The molecule has 2 rings (SSSR count). The molecule has 2 aromatic carbocycles. The molecule has 0 aliphatic rings. The van der Waals surface area contributed by atoms with Gasteiger partial charge in [0.1, 0.15) is 11.6 Å². The Bertz CT molecular complexity index is 644. The van der Waals surface area contributed by atoms with E-state index in [-0.39, 0.29) is 5.56 Å². The number of aryl methyl sites for hydroxylation is 2. The van der Waals surface area contributed by atoms with Crippen molar-refractivity contribution in [2.75, 3.05) is 0 Å². The van der Waals surface area contributed by atoms with Gasteiger partial charge in [-0.1, -0.05) is 35.9 Å². The second-order valence-corrected chi connectivity index (χ2v) is 5.05. The van der Waals surface area contributed by atoms with E-state index in [2.05, 4.69) is 5.43 Å². The fourth-order valence-electron chi connectivity index (χ4n) is 2.16. The molecule has 0 saturated carbocycles. The molecule has 2 aromatic rings. The van der Waals surface area contributed by atoms with Gasteiger partial charge in [-0.3, -0.25) is 5.84 Å². The Morgan fingerprint density at radius 2 is 1.80 bits per heavy atom. The van der Waals surface area contributed by atoms with Gasteiger partial charge in [-0.25, -0.2) is 14.2 Å². The summed E-state index contributed by atoms with van der Waals surface area (Å²) in [6.45, 7) is 3.39. The van der Waals surface area contributed by atoms with E-state index in [1.165, 1.54) is 12.1 Å². The average Bonchev–Trinajstić information content (AvgIpc) is 2.43. The summed E-state index contributed by atoms with van der Waals surface area (Å²) in [4.78, 5) is 0. The molecule has 0 radical (unpaired) electrons. The predicted molar refractivity (Wildman–Crippen MR) is 76.5 cm³/mol. The quantitative estimate of drug-likeness (QED) is 0.668. The van der Waals surface area contributed by atoms with Crippen molar-refractivity contribution in [2.24, 2.45) is 5.84 Å². The van der Waals surface area contributed by atoms with Gasteiger partial charge in [-0.05, 0) is 36.6 Å². The molecule has 0 bridgehead atoms. The molecule has 2 nitrogen and oxygen atoms in total. The van der Waals surface area contributed by atoms with Crippen LogP contribution in [0.25, 0.3) is 0 Å². The third-order valence-corrected chi connectivity index (χ3v) is 3.82. The van der Waals surface area contributed by atoms with Crippen molar-refractivity contribution in [3.8, 4) is 0 Å². The highest BCUT2D eigenvalue weighted by molar-refractivity contribution is 6.32. The van der Waals surface area contributed by atoms with Gasteiger partial charge in [-0.2, -0.15) is 0 Å². The van der Waals surface area contributed by atoms with Crippen LogP contribution in [-0.4, -0.2) is 0 Å². The SMILES string of the molecule is Cc1ccc(F)c(C(NN)c2cccc(C)c2Cl)c1F. The van der Waals surface area contributed by atoms with Crippen LogP contribution in [0.4, 0.5) is 8.78 Å². The van der Waals surface area contributed by atoms with Crippen molar-refractivity contribution in [2.45, 2.75) is 19.9 Å². The minimum atomic E-state index is -0.845. The van der Waals surface area contributed by atoms with Gasteiger partial charge in [0.15, 0.2) is 0 Å². The van der Waals surface area contributed by atoms with Crippen LogP contribution in [0.3, 0.4) is 0 Å². The van der Waals surface area contributed by atoms with E-state index < -0.39 is 17.7 Å². The van der Waals surface area contributed by atoms with Gasteiger partial charge in [0.2, 0.25) is 0 Å². The summed E-state index contributed by atoms with van der Waals surface area (Å²) in [7, 11) is 0. The van der Waals surface area contributed by atoms with Crippen molar-refractivity contribution in [3.05, 3.63) is 69.2 Å². The van der Waals surface area contributed by atoms with Crippen molar-refractivity contribution < 1.29 is 8.78 Å². The van der Waals surface area contributed by atoms with E-state index in [9.17, 15) is 8.78 Å². The second kappa shape index (κ2) is 5.87. The Labute approximate surface area is 121 Å². The Hall–Kier alpha value is -1.49. The number of hydrogen-bond donors (Lipinski definition) is 2. The topological polar surface area (TPSA) is 38.0 Å². The van der Waals surface area contributed by atoms with E-state index in [1.54, 1.807) is 19.1 Å². The third kappa shape index (κ3) is 2.54. The highest BCUT2D eigenvalue weighted by Crippen LogP contribution is 2.33. The fraction of sp³-hybridized carbons (Fsp3) is 0.200. The van der Waals surface area contributed by atoms with E-state index in [4.69, 9.17) is 17.4 Å². The monoisotopic (exact) mass is 296 g/mol. The molecule has 0 aromatic heterocycles. The molecule has 1 unspecified atom stereocenters. The average molecular weight is 297 g/mol. The second-order valence-electron chi connectivity index (χ2n) is 4.67. The van der Waals surface area contributed by atoms with Gasteiger partial charge in [0.05, 0.1) is 6.04 Å². The number of nitrogens with two attached hydrogens (primary N) is 1. The smallest absolute Gasteiger partial charge is 0.134 e. The molecule has 0 fully saturated rings. The van der Waals surface area contributed by atoms with Gasteiger partial charge in [0, 0.05) is 10.6 Å². The van der Waals surface area contributed by atoms with Crippen LogP contribution in [0.5, 0.6) is 0 Å². The summed E-state index contributed by atoms with van der Waals surface area (Å²) in [5.41, 5.74) is 4.03. The van der Waals surface area contributed by atoms with Crippen LogP contribution >= 0.6 is 11.6 Å². The molecule has 0 amide bonds. The zero-order valence-electron chi connectivity index (χ0n) is 11.2. The lowest BCUT2D eigenvalue weighted by atomic mass is 9.95. The molecule has 20 heavy (non-hydrogen) atoms. The van der Waals surface area contributed by atoms with Gasteiger partial charge in [-0.15, -0.1) is 0 Å². The highest BCUT2D eigenvalue weighted by atomic mass is 35.5. The van der Waals surface area contributed by atoms with Crippen LogP contribution in [-0.2, 0) is 0 Å². The molecule has 0 spiro atoms. The molecule has 0 aliphatic carbocycles. The Morgan fingerprint density at radius 1 is 1.10 bits per heavy atom. The molecule has 0 saturated heterocycles. The maximum Gasteiger partial charge on any atom is 0.134 e. The van der Waals surface area contributed by atoms with Crippen molar-refractivity contribution in [3.63, 3.8) is 0 Å². The predicted octanol–water partition coefficient (Wildman–Crippen LogP) is 3.79. The maximum absolute atomic E-state index is 14.2. The lowest BCUT2D eigenvalue weighted by Gasteiger charge is -2.21. The minimum absolute atomic E-state index is 0.125. The van der Waals surface area contributed by atoms with Crippen LogP contribution in [0.1, 0.15) is 28.3 Å².